The Balaban J connectivity index is 1.71. The highest BCUT2D eigenvalue weighted by Crippen LogP contribution is 2.29. The summed E-state index contributed by atoms with van der Waals surface area (Å²) in [7, 11) is 0. The highest BCUT2D eigenvalue weighted by Gasteiger charge is 2.16. The van der Waals surface area contributed by atoms with Gasteiger partial charge in [0.15, 0.2) is 0 Å². The number of nitrogen functional groups attached to an aromatic ring is 1. The van der Waals surface area contributed by atoms with Crippen LogP contribution < -0.4 is 11.1 Å². The highest BCUT2D eigenvalue weighted by atomic mass is 14.9. The molecule has 1 aromatic heterocycles. The van der Waals surface area contributed by atoms with Gasteiger partial charge < -0.3 is 11.1 Å². The maximum Gasteiger partial charge on any atom is 0.123 e. The molecule has 1 aromatic rings. The summed E-state index contributed by atoms with van der Waals surface area (Å²) >= 11 is 0. The molecular weight excluding hydrogens is 174 g/mol. The lowest BCUT2D eigenvalue weighted by atomic mass is 9.83. The van der Waals surface area contributed by atoms with Crippen LogP contribution in [0.4, 0.5) is 11.5 Å². The third kappa shape index (κ3) is 2.37. The van der Waals surface area contributed by atoms with Crippen molar-refractivity contribution >= 4 is 11.5 Å². The van der Waals surface area contributed by atoms with E-state index in [1.165, 1.54) is 25.7 Å². The van der Waals surface area contributed by atoms with E-state index in [0.717, 1.165) is 18.2 Å². The van der Waals surface area contributed by atoms with Crippen molar-refractivity contribution in [3.05, 3.63) is 18.3 Å². The van der Waals surface area contributed by atoms with Crippen LogP contribution in [0.1, 0.15) is 25.7 Å². The van der Waals surface area contributed by atoms with Crippen LogP contribution in [0.25, 0.3) is 0 Å². The molecule has 2 rings (SSSR count). The van der Waals surface area contributed by atoms with E-state index in [-0.39, 0.29) is 0 Å². The van der Waals surface area contributed by atoms with E-state index in [1.807, 2.05) is 12.1 Å². The number of nitrogens with one attached hydrogen (secondary N) is 1. The van der Waals surface area contributed by atoms with Gasteiger partial charge in [0.2, 0.25) is 0 Å². The lowest BCUT2D eigenvalue weighted by Gasteiger charge is -2.25. The Bertz CT molecular complexity index is 277. The minimum atomic E-state index is 0.578. The van der Waals surface area contributed by atoms with Gasteiger partial charge in [0.25, 0.3) is 0 Å². The average Bonchev–Trinajstić information content (AvgIpc) is 2.12. The highest BCUT2D eigenvalue weighted by molar-refractivity contribution is 5.45. The van der Waals surface area contributed by atoms with E-state index in [1.54, 1.807) is 6.20 Å². The molecule has 0 bridgehead atoms. The van der Waals surface area contributed by atoms with Crippen molar-refractivity contribution in [1.82, 2.24) is 4.98 Å². The van der Waals surface area contributed by atoms with Gasteiger partial charge in [-0.1, -0.05) is 19.3 Å². The Morgan fingerprint density at radius 2 is 2.29 bits per heavy atom. The van der Waals surface area contributed by atoms with E-state index in [2.05, 4.69) is 10.3 Å². The Morgan fingerprint density at radius 1 is 1.43 bits per heavy atom. The molecule has 0 spiro atoms. The Morgan fingerprint density at radius 3 is 2.86 bits per heavy atom. The van der Waals surface area contributed by atoms with Gasteiger partial charge in [-0.05, 0) is 24.5 Å². The molecule has 14 heavy (non-hydrogen) atoms. The minimum absolute atomic E-state index is 0.578. The van der Waals surface area contributed by atoms with Crippen LogP contribution in [0, 0.1) is 5.92 Å². The minimum Gasteiger partial charge on any atom is -0.384 e. The molecular formula is C11H17N3. The Kier molecular flexibility index (Phi) is 2.87. The molecule has 3 heteroatoms. The summed E-state index contributed by atoms with van der Waals surface area (Å²) in [6.07, 6.45) is 7.33. The van der Waals surface area contributed by atoms with E-state index in [9.17, 15) is 0 Å². The van der Waals surface area contributed by atoms with Gasteiger partial charge in [0.05, 0.1) is 11.9 Å². The van der Waals surface area contributed by atoms with Gasteiger partial charge in [0.1, 0.15) is 5.82 Å². The molecule has 1 aliphatic carbocycles. The first-order chi connectivity index (χ1) is 6.84. The monoisotopic (exact) mass is 191 g/mol. The number of anilines is 2. The van der Waals surface area contributed by atoms with E-state index >= 15 is 0 Å². The van der Waals surface area contributed by atoms with Gasteiger partial charge in [0, 0.05) is 6.54 Å². The van der Waals surface area contributed by atoms with Crippen molar-refractivity contribution in [3.8, 4) is 0 Å². The molecule has 0 amide bonds. The zero-order chi connectivity index (χ0) is 9.80. The molecule has 1 saturated carbocycles. The molecule has 1 fully saturated rings. The van der Waals surface area contributed by atoms with Crippen LogP contribution in [0.3, 0.4) is 0 Å². The topological polar surface area (TPSA) is 50.9 Å². The first-order valence-corrected chi connectivity index (χ1v) is 5.30. The molecule has 0 radical (unpaired) electrons. The van der Waals surface area contributed by atoms with Crippen molar-refractivity contribution in [2.75, 3.05) is 17.6 Å². The summed E-state index contributed by atoms with van der Waals surface area (Å²) < 4.78 is 0. The summed E-state index contributed by atoms with van der Waals surface area (Å²) in [5.74, 6) is 1.54. The second kappa shape index (κ2) is 4.31. The Hall–Kier alpha value is -1.25. The second-order valence-corrected chi connectivity index (χ2v) is 3.98. The van der Waals surface area contributed by atoms with Crippen LogP contribution in [0.5, 0.6) is 0 Å². The largest absolute Gasteiger partial charge is 0.384 e. The molecule has 0 aromatic carbocycles. The number of rotatable bonds is 4. The summed E-state index contributed by atoms with van der Waals surface area (Å²) in [5, 5.41) is 3.35. The maximum atomic E-state index is 5.50. The van der Waals surface area contributed by atoms with E-state index < -0.39 is 0 Å². The zero-order valence-electron chi connectivity index (χ0n) is 8.37. The van der Waals surface area contributed by atoms with Gasteiger partial charge >= 0.3 is 0 Å². The number of hydrogen-bond donors (Lipinski definition) is 2. The Labute approximate surface area is 84.7 Å². The number of nitrogens with zero attached hydrogens (tertiary/aromatic N) is 1. The van der Waals surface area contributed by atoms with E-state index in [4.69, 9.17) is 5.73 Å². The molecule has 1 aliphatic rings. The number of nitrogens with two attached hydrogens (primary N) is 1. The fourth-order valence-corrected chi connectivity index (χ4v) is 1.71. The van der Waals surface area contributed by atoms with Gasteiger partial charge in [-0.2, -0.15) is 0 Å². The molecule has 0 aliphatic heterocycles. The van der Waals surface area contributed by atoms with Crippen LogP contribution >= 0.6 is 0 Å². The van der Waals surface area contributed by atoms with E-state index in [0.29, 0.717) is 5.82 Å². The SMILES string of the molecule is Nc1ccc(NCCC2CCC2)cn1. The molecule has 0 atom stereocenters. The van der Waals surface area contributed by atoms with Crippen molar-refractivity contribution < 1.29 is 0 Å². The van der Waals surface area contributed by atoms with Crippen LogP contribution in [0.2, 0.25) is 0 Å². The summed E-state index contributed by atoms with van der Waals surface area (Å²) in [6, 6.07) is 3.80. The zero-order valence-corrected chi connectivity index (χ0v) is 8.37. The third-order valence-corrected chi connectivity index (χ3v) is 2.89. The predicted molar refractivity (Wildman–Crippen MR) is 59.1 cm³/mol. The van der Waals surface area contributed by atoms with Crippen LogP contribution in [-0.2, 0) is 0 Å². The molecule has 3 nitrogen and oxygen atoms in total. The number of aromatic nitrogens is 1. The van der Waals surface area contributed by atoms with Crippen molar-refractivity contribution in [1.29, 1.82) is 0 Å². The molecule has 76 valence electrons. The van der Waals surface area contributed by atoms with Gasteiger partial charge in [-0.15, -0.1) is 0 Å². The van der Waals surface area contributed by atoms with Gasteiger partial charge in [-0.3, -0.25) is 0 Å². The van der Waals surface area contributed by atoms with Crippen LogP contribution in [0.15, 0.2) is 18.3 Å². The molecule has 0 saturated heterocycles. The number of hydrogen-bond acceptors (Lipinski definition) is 3. The number of pyridine rings is 1. The lowest BCUT2D eigenvalue weighted by molar-refractivity contribution is 0.303. The van der Waals surface area contributed by atoms with Crippen molar-refractivity contribution in [2.45, 2.75) is 25.7 Å². The van der Waals surface area contributed by atoms with Gasteiger partial charge in [-0.25, -0.2) is 4.98 Å². The van der Waals surface area contributed by atoms with Crippen LogP contribution in [-0.4, -0.2) is 11.5 Å². The van der Waals surface area contributed by atoms with Crippen molar-refractivity contribution in [3.63, 3.8) is 0 Å². The standard InChI is InChI=1S/C11H17N3/c12-11-5-4-10(8-14-11)13-7-6-9-2-1-3-9/h4-5,8-9,13H,1-3,6-7H2,(H2,12,14). The fourth-order valence-electron chi connectivity index (χ4n) is 1.71. The summed E-state index contributed by atoms with van der Waals surface area (Å²) in [4.78, 5) is 4.03. The molecule has 3 N–H and O–H groups in total. The smallest absolute Gasteiger partial charge is 0.123 e. The first-order valence-electron chi connectivity index (χ1n) is 5.30. The van der Waals surface area contributed by atoms with Crippen molar-refractivity contribution in [2.24, 2.45) is 5.92 Å². The average molecular weight is 191 g/mol. The first kappa shape index (κ1) is 9.31. The maximum absolute atomic E-state index is 5.50. The lowest BCUT2D eigenvalue weighted by Crippen LogP contribution is -2.15. The normalized spacial score (nSPS) is 16.3. The predicted octanol–water partition coefficient (Wildman–Crippen LogP) is 2.27. The molecule has 1 heterocycles. The molecule has 0 unspecified atom stereocenters. The second-order valence-electron chi connectivity index (χ2n) is 3.98. The third-order valence-electron chi connectivity index (χ3n) is 2.89. The summed E-state index contributed by atoms with van der Waals surface area (Å²) in [6.45, 7) is 1.05. The quantitative estimate of drug-likeness (QED) is 0.767. The fraction of sp³-hybridized carbons (Fsp3) is 0.545. The summed E-state index contributed by atoms with van der Waals surface area (Å²) in [5.41, 5.74) is 6.56.